The van der Waals surface area contributed by atoms with Crippen LogP contribution in [-0.4, -0.2) is 24.2 Å². The monoisotopic (exact) mass is 391 g/mol. The third-order valence-corrected chi connectivity index (χ3v) is 27.3. The fourth-order valence-corrected chi connectivity index (χ4v) is 22.4. The van der Waals surface area contributed by atoms with Crippen molar-refractivity contribution in [1.29, 1.82) is 0 Å². The Morgan fingerprint density at radius 1 is 1.00 bits per heavy atom. The second-order valence-corrected chi connectivity index (χ2v) is 21.1. The topological polar surface area (TPSA) is 0 Å². The molecule has 0 aromatic rings. The summed E-state index contributed by atoms with van der Waals surface area (Å²) in [5.74, 6) is 1.41. The van der Waals surface area contributed by atoms with Crippen molar-refractivity contribution in [3.8, 4) is 0 Å². The molecule has 0 atom stereocenters. The standard InChI is InChI=1S/C6H15P.C3H8S.Au/c1-4-7(5-2)6-3;1-2-3-4;/h4-6H2,1-3H3;4H,2-3H2,1H3;. The predicted molar refractivity (Wildman–Crippen MR) is 62.7 cm³/mol. The van der Waals surface area contributed by atoms with Crippen molar-refractivity contribution in [1.82, 2.24) is 0 Å². The van der Waals surface area contributed by atoms with Crippen molar-refractivity contribution in [2.75, 3.05) is 24.2 Å². The summed E-state index contributed by atoms with van der Waals surface area (Å²) in [4.78, 5) is 0. The van der Waals surface area contributed by atoms with Gasteiger partial charge in [-0.1, -0.05) is 0 Å². The molecule has 0 aliphatic rings. The van der Waals surface area contributed by atoms with E-state index in [9.17, 15) is 0 Å². The van der Waals surface area contributed by atoms with E-state index >= 15 is 0 Å². The van der Waals surface area contributed by atoms with Crippen LogP contribution in [-0.2, 0) is 17.9 Å². The minimum absolute atomic E-state index is 0.635. The third-order valence-electron chi connectivity index (χ3n) is 2.26. The van der Waals surface area contributed by atoms with Crippen LogP contribution in [0.4, 0.5) is 0 Å². The van der Waals surface area contributed by atoms with Gasteiger partial charge in [0.05, 0.1) is 0 Å². The molecule has 0 bridgehead atoms. The average Bonchev–Trinajstić information content (AvgIpc) is 2.14. The summed E-state index contributed by atoms with van der Waals surface area (Å²) in [6.07, 6.45) is 5.94. The summed E-state index contributed by atoms with van der Waals surface area (Å²) in [5, 5.41) is -0.694. The fraction of sp³-hybridized carbons (Fsp3) is 1.00. The van der Waals surface area contributed by atoms with Gasteiger partial charge in [0.2, 0.25) is 0 Å². The van der Waals surface area contributed by atoms with Crippen molar-refractivity contribution < 1.29 is 17.9 Å². The van der Waals surface area contributed by atoms with E-state index in [1.165, 1.54) is 30.7 Å². The van der Waals surface area contributed by atoms with E-state index in [0.29, 0.717) is 17.9 Å². The molecule has 0 saturated carbocycles. The van der Waals surface area contributed by atoms with E-state index in [1.54, 1.807) is 0 Å². The van der Waals surface area contributed by atoms with Crippen LogP contribution in [0.15, 0.2) is 0 Å². The van der Waals surface area contributed by atoms with Gasteiger partial charge in [-0.2, -0.15) is 0 Å². The van der Waals surface area contributed by atoms with Gasteiger partial charge in [-0.15, -0.1) is 0 Å². The zero-order valence-electron chi connectivity index (χ0n) is 8.75. The molecule has 0 aromatic heterocycles. The molecule has 81 valence electrons. The summed E-state index contributed by atoms with van der Waals surface area (Å²) >= 11 is 0.635. The van der Waals surface area contributed by atoms with Crippen LogP contribution < -0.4 is 0 Å². The van der Waals surface area contributed by atoms with Gasteiger partial charge in [0, 0.05) is 0 Å². The van der Waals surface area contributed by atoms with Gasteiger partial charge < -0.3 is 0 Å². The van der Waals surface area contributed by atoms with Crippen LogP contribution in [0.25, 0.3) is 0 Å². The van der Waals surface area contributed by atoms with Crippen LogP contribution in [0.2, 0.25) is 0 Å². The van der Waals surface area contributed by atoms with Gasteiger partial charge >= 0.3 is 90.6 Å². The molecular weight excluding hydrogens is 368 g/mol. The molecule has 0 aliphatic heterocycles. The van der Waals surface area contributed by atoms with Gasteiger partial charge in [0.25, 0.3) is 0 Å². The van der Waals surface area contributed by atoms with Crippen LogP contribution in [0.1, 0.15) is 34.1 Å². The second kappa shape index (κ2) is 7.88. The fourth-order valence-electron chi connectivity index (χ4n) is 1.07. The Labute approximate surface area is 90.3 Å². The Morgan fingerprint density at radius 2 is 1.50 bits per heavy atom. The van der Waals surface area contributed by atoms with Gasteiger partial charge in [-0.3, -0.25) is 0 Å². The van der Waals surface area contributed by atoms with Crippen molar-refractivity contribution in [3.05, 3.63) is 0 Å². The van der Waals surface area contributed by atoms with E-state index in [0.717, 1.165) is 0 Å². The first-order valence-corrected chi connectivity index (χ1v) is 14.1. The molecule has 0 nitrogen and oxygen atoms in total. The summed E-state index contributed by atoms with van der Waals surface area (Å²) in [6.45, 7) is 9.55. The predicted octanol–water partition coefficient (Wildman–Crippen LogP) is 3.85. The number of hydrogen-bond donors (Lipinski definition) is 0. The first-order valence-electron chi connectivity index (χ1n) is 4.95. The molecule has 0 saturated heterocycles. The molecule has 0 heterocycles. The van der Waals surface area contributed by atoms with Crippen molar-refractivity contribution in [3.63, 3.8) is 0 Å². The summed E-state index contributed by atoms with van der Waals surface area (Å²) in [6, 6.07) is 0. The van der Waals surface area contributed by atoms with Crippen molar-refractivity contribution in [2.45, 2.75) is 34.1 Å². The molecule has 0 fully saturated rings. The SMILES string of the molecule is CCC[S][Au][PH](CC)(CC)CC. The Bertz CT molecular complexity index is 96.4. The normalized spacial score (nSPS) is 13.7. The van der Waals surface area contributed by atoms with E-state index in [2.05, 4.69) is 36.9 Å². The van der Waals surface area contributed by atoms with E-state index in [1.807, 2.05) is 0 Å². The Balaban J connectivity index is 3.76. The van der Waals surface area contributed by atoms with E-state index in [4.69, 9.17) is 0 Å². The zero-order chi connectivity index (χ0) is 9.45. The van der Waals surface area contributed by atoms with Crippen molar-refractivity contribution in [2.24, 2.45) is 0 Å². The molecular formula is C9H23AuPS. The second-order valence-electron chi connectivity index (χ2n) is 2.98. The maximum atomic E-state index is 2.42. The molecule has 0 amide bonds. The number of hydrogen-bond acceptors (Lipinski definition) is 1. The summed E-state index contributed by atoms with van der Waals surface area (Å²) < 4.78 is 0. The van der Waals surface area contributed by atoms with Crippen LogP contribution in [0, 0.1) is 0 Å². The van der Waals surface area contributed by atoms with E-state index < -0.39 is 5.15 Å². The molecule has 0 aromatic carbocycles. The van der Waals surface area contributed by atoms with Crippen LogP contribution in [0.5, 0.6) is 0 Å². The minimum atomic E-state index is -0.694. The quantitative estimate of drug-likeness (QED) is 0.361. The van der Waals surface area contributed by atoms with Crippen LogP contribution in [0.3, 0.4) is 0 Å². The Hall–Kier alpha value is 1.52. The summed E-state index contributed by atoms with van der Waals surface area (Å²) in [5.41, 5.74) is 0. The Kier molecular flexibility index (Phi) is 8.88. The van der Waals surface area contributed by atoms with Crippen molar-refractivity contribution >= 4 is 14.4 Å². The molecule has 0 radical (unpaired) electrons. The van der Waals surface area contributed by atoms with E-state index in [-0.39, 0.29) is 0 Å². The first kappa shape index (κ1) is 13.5. The molecule has 12 heavy (non-hydrogen) atoms. The average molecular weight is 391 g/mol. The van der Waals surface area contributed by atoms with Gasteiger partial charge in [-0.25, -0.2) is 0 Å². The summed E-state index contributed by atoms with van der Waals surface area (Å²) in [7, 11) is 2.29. The maximum absolute atomic E-state index is 2.42. The molecule has 0 N–H and O–H groups in total. The molecule has 0 rings (SSSR count). The molecule has 0 spiro atoms. The van der Waals surface area contributed by atoms with Gasteiger partial charge in [-0.05, 0) is 0 Å². The third kappa shape index (κ3) is 4.67. The van der Waals surface area contributed by atoms with Gasteiger partial charge in [0.15, 0.2) is 0 Å². The first-order chi connectivity index (χ1) is 5.74. The molecule has 0 unspecified atom stereocenters. The van der Waals surface area contributed by atoms with Gasteiger partial charge in [0.1, 0.15) is 0 Å². The number of rotatable bonds is 7. The Morgan fingerprint density at radius 3 is 1.83 bits per heavy atom. The molecule has 3 heteroatoms. The zero-order valence-corrected chi connectivity index (χ0v) is 12.7. The van der Waals surface area contributed by atoms with Crippen LogP contribution >= 0.6 is 14.4 Å². The molecule has 0 aliphatic carbocycles.